The van der Waals surface area contributed by atoms with Crippen molar-refractivity contribution in [1.82, 2.24) is 4.98 Å². The summed E-state index contributed by atoms with van der Waals surface area (Å²) in [7, 11) is 0. The number of halogens is 3. The average Bonchev–Trinajstić information content (AvgIpc) is 2.82. The van der Waals surface area contributed by atoms with Gasteiger partial charge < -0.3 is 4.42 Å². The predicted molar refractivity (Wildman–Crippen MR) is 74.3 cm³/mol. The van der Waals surface area contributed by atoms with Crippen LogP contribution in [-0.4, -0.2) is 4.98 Å². The molecule has 0 radical (unpaired) electrons. The summed E-state index contributed by atoms with van der Waals surface area (Å²) in [6.07, 6.45) is 3.18. The van der Waals surface area contributed by atoms with E-state index < -0.39 is 11.6 Å². The van der Waals surface area contributed by atoms with E-state index in [-0.39, 0.29) is 0 Å². The molecular weight excluding hydrogens is 284 g/mol. The number of fused-ring (bicyclic) bond motifs is 1. The zero-order valence-electron chi connectivity index (χ0n) is 10.1. The number of rotatable bonds is 2. The second kappa shape index (κ2) is 5.06. The second-order valence-electron chi connectivity index (χ2n) is 4.17. The van der Waals surface area contributed by atoms with Crippen molar-refractivity contribution in [3.8, 4) is 0 Å². The maximum Gasteiger partial charge on any atom is 0.220 e. The molecule has 2 nitrogen and oxygen atoms in total. The van der Waals surface area contributed by atoms with Crippen LogP contribution in [0.4, 0.5) is 8.78 Å². The Kier molecular flexibility index (Phi) is 3.24. The van der Waals surface area contributed by atoms with Gasteiger partial charge in [-0.1, -0.05) is 17.7 Å². The zero-order chi connectivity index (χ0) is 14.1. The molecule has 0 saturated heterocycles. The Morgan fingerprint density at radius 1 is 1.00 bits per heavy atom. The van der Waals surface area contributed by atoms with Crippen molar-refractivity contribution in [3.63, 3.8) is 0 Å². The molecule has 1 aromatic heterocycles. The molecule has 0 spiro atoms. The average molecular weight is 292 g/mol. The van der Waals surface area contributed by atoms with Gasteiger partial charge in [-0.05, 0) is 42.0 Å². The molecule has 0 atom stereocenters. The Morgan fingerprint density at radius 2 is 1.85 bits per heavy atom. The first-order valence-electron chi connectivity index (χ1n) is 5.81. The van der Waals surface area contributed by atoms with Crippen molar-refractivity contribution in [3.05, 3.63) is 64.5 Å². The molecule has 0 unspecified atom stereocenters. The van der Waals surface area contributed by atoms with Crippen molar-refractivity contribution >= 4 is 34.9 Å². The normalized spacial score (nSPS) is 11.6. The molecule has 1 heterocycles. The highest BCUT2D eigenvalue weighted by Crippen LogP contribution is 2.21. The van der Waals surface area contributed by atoms with Crippen LogP contribution in [0.25, 0.3) is 23.3 Å². The molecular formula is C15H8ClF2NO. The summed E-state index contributed by atoms with van der Waals surface area (Å²) in [5, 5.41) is 0.571. The van der Waals surface area contributed by atoms with Gasteiger partial charge in [0, 0.05) is 11.1 Å². The summed E-state index contributed by atoms with van der Waals surface area (Å²) in [6.45, 7) is 0. The Morgan fingerprint density at radius 3 is 2.65 bits per heavy atom. The third kappa shape index (κ3) is 2.56. The third-order valence-electron chi connectivity index (χ3n) is 2.73. The molecule has 0 amide bonds. The van der Waals surface area contributed by atoms with Gasteiger partial charge in [-0.3, -0.25) is 0 Å². The molecule has 5 heteroatoms. The number of nitrogens with zero attached hydrogens (tertiary/aromatic N) is 1. The van der Waals surface area contributed by atoms with E-state index in [9.17, 15) is 8.78 Å². The van der Waals surface area contributed by atoms with E-state index in [1.165, 1.54) is 6.07 Å². The van der Waals surface area contributed by atoms with Crippen LogP contribution in [0.1, 0.15) is 11.5 Å². The van der Waals surface area contributed by atoms with E-state index in [1.54, 1.807) is 30.4 Å². The number of hydrogen-bond donors (Lipinski definition) is 0. The van der Waals surface area contributed by atoms with E-state index in [0.29, 0.717) is 27.6 Å². The lowest BCUT2D eigenvalue weighted by atomic mass is 10.2. The van der Waals surface area contributed by atoms with Crippen molar-refractivity contribution < 1.29 is 13.2 Å². The summed E-state index contributed by atoms with van der Waals surface area (Å²) in [5.74, 6) is -1.40. The first-order chi connectivity index (χ1) is 9.61. The number of aromatic nitrogens is 1. The van der Waals surface area contributed by atoms with E-state index in [4.69, 9.17) is 16.0 Å². The fraction of sp³-hybridized carbons (Fsp3) is 0. The van der Waals surface area contributed by atoms with Gasteiger partial charge in [-0.15, -0.1) is 0 Å². The van der Waals surface area contributed by atoms with E-state index in [0.717, 1.165) is 12.1 Å². The maximum atomic E-state index is 13.1. The van der Waals surface area contributed by atoms with Crippen LogP contribution in [-0.2, 0) is 0 Å². The molecule has 0 aliphatic rings. The topological polar surface area (TPSA) is 26.0 Å². The van der Waals surface area contributed by atoms with Crippen LogP contribution in [0.2, 0.25) is 5.02 Å². The molecule has 20 heavy (non-hydrogen) atoms. The van der Waals surface area contributed by atoms with Gasteiger partial charge in [0.15, 0.2) is 17.2 Å². The minimum atomic E-state index is -0.892. The largest absolute Gasteiger partial charge is 0.437 e. The standard InChI is InChI=1S/C15H8ClF2NO/c16-10-3-5-14-13(8-10)19-15(20-14)6-2-9-1-4-11(17)12(18)7-9/h1-8H/b6-2+. The number of benzene rings is 2. The van der Waals surface area contributed by atoms with Crippen LogP contribution in [0.15, 0.2) is 40.8 Å². The Labute approximate surface area is 118 Å². The maximum absolute atomic E-state index is 13.1. The fourth-order valence-corrected chi connectivity index (χ4v) is 1.94. The molecule has 3 aromatic rings. The summed E-state index contributed by atoms with van der Waals surface area (Å²) < 4.78 is 31.3. The number of oxazole rings is 1. The minimum absolute atomic E-state index is 0.368. The molecule has 100 valence electrons. The highest BCUT2D eigenvalue weighted by molar-refractivity contribution is 6.31. The van der Waals surface area contributed by atoms with Gasteiger partial charge in [-0.25, -0.2) is 13.8 Å². The van der Waals surface area contributed by atoms with Crippen molar-refractivity contribution in [2.75, 3.05) is 0 Å². The molecule has 0 saturated carbocycles. The van der Waals surface area contributed by atoms with Crippen molar-refractivity contribution in [2.45, 2.75) is 0 Å². The van der Waals surface area contributed by atoms with Gasteiger partial charge in [0.05, 0.1) is 0 Å². The summed E-state index contributed by atoms with van der Waals surface area (Å²) in [4.78, 5) is 4.22. The van der Waals surface area contributed by atoms with Crippen molar-refractivity contribution in [2.24, 2.45) is 0 Å². The zero-order valence-corrected chi connectivity index (χ0v) is 10.9. The van der Waals surface area contributed by atoms with Crippen LogP contribution < -0.4 is 0 Å². The highest BCUT2D eigenvalue weighted by atomic mass is 35.5. The molecule has 2 aromatic carbocycles. The molecule has 0 bridgehead atoms. The molecule has 3 rings (SSSR count). The van der Waals surface area contributed by atoms with Crippen LogP contribution in [0.5, 0.6) is 0 Å². The Balaban J connectivity index is 1.91. The highest BCUT2D eigenvalue weighted by Gasteiger charge is 2.04. The van der Waals surface area contributed by atoms with Gasteiger partial charge in [0.2, 0.25) is 5.89 Å². The first-order valence-corrected chi connectivity index (χ1v) is 6.19. The van der Waals surface area contributed by atoms with Crippen LogP contribution in [0, 0.1) is 11.6 Å². The van der Waals surface area contributed by atoms with Gasteiger partial charge in [0.25, 0.3) is 0 Å². The van der Waals surface area contributed by atoms with E-state index >= 15 is 0 Å². The van der Waals surface area contributed by atoms with E-state index in [2.05, 4.69) is 4.98 Å². The molecule has 0 aliphatic heterocycles. The van der Waals surface area contributed by atoms with Gasteiger partial charge in [0.1, 0.15) is 5.52 Å². The van der Waals surface area contributed by atoms with E-state index in [1.807, 2.05) is 0 Å². The Hall–Kier alpha value is -2.20. The smallest absolute Gasteiger partial charge is 0.220 e. The number of hydrogen-bond acceptors (Lipinski definition) is 2. The quantitative estimate of drug-likeness (QED) is 0.669. The lowest BCUT2D eigenvalue weighted by Crippen LogP contribution is -1.83. The summed E-state index contributed by atoms with van der Waals surface area (Å²) >= 11 is 5.86. The first kappa shape index (κ1) is 12.8. The third-order valence-corrected chi connectivity index (χ3v) is 2.96. The summed E-state index contributed by atoms with van der Waals surface area (Å²) in [5.41, 5.74) is 1.77. The second-order valence-corrected chi connectivity index (χ2v) is 4.61. The predicted octanol–water partition coefficient (Wildman–Crippen LogP) is 4.93. The van der Waals surface area contributed by atoms with Crippen LogP contribution in [0.3, 0.4) is 0 Å². The van der Waals surface area contributed by atoms with Crippen molar-refractivity contribution in [1.29, 1.82) is 0 Å². The van der Waals surface area contributed by atoms with Gasteiger partial charge >= 0.3 is 0 Å². The summed E-state index contributed by atoms with van der Waals surface area (Å²) in [6, 6.07) is 8.76. The lowest BCUT2D eigenvalue weighted by Gasteiger charge is -1.94. The molecule has 0 fully saturated rings. The lowest BCUT2D eigenvalue weighted by molar-refractivity contribution is 0.508. The SMILES string of the molecule is Fc1ccc(/C=C/c2nc3cc(Cl)ccc3o2)cc1F. The van der Waals surface area contributed by atoms with Gasteiger partial charge in [-0.2, -0.15) is 0 Å². The van der Waals surface area contributed by atoms with Crippen LogP contribution >= 0.6 is 11.6 Å². The fourth-order valence-electron chi connectivity index (χ4n) is 1.77. The molecule has 0 aliphatic carbocycles. The molecule has 0 N–H and O–H groups in total. The minimum Gasteiger partial charge on any atom is -0.437 e. The monoisotopic (exact) mass is 291 g/mol. The Bertz CT molecular complexity index is 811.